The Morgan fingerprint density at radius 1 is 1.19 bits per heavy atom. The number of carbonyl (C=O) groups is 1. The van der Waals surface area contributed by atoms with Gasteiger partial charge in [0.1, 0.15) is 5.69 Å². The Morgan fingerprint density at radius 3 is 2.54 bits per heavy atom. The zero-order valence-electron chi connectivity index (χ0n) is 13.9. The first-order chi connectivity index (χ1) is 12.4. The molecule has 3 heterocycles. The van der Waals surface area contributed by atoms with Gasteiger partial charge in [-0.2, -0.15) is 13.2 Å². The van der Waals surface area contributed by atoms with Crippen molar-refractivity contribution >= 4 is 5.91 Å². The van der Waals surface area contributed by atoms with Crippen molar-refractivity contribution in [3.8, 4) is 0 Å². The SMILES string of the molecule is O=C(N[C@@H](c1cccnc1)C1CCOCC1)c1ccc(C(F)(F)F)nc1. The topological polar surface area (TPSA) is 64.1 Å². The van der Waals surface area contributed by atoms with E-state index in [1.165, 1.54) is 0 Å². The standard InChI is InChI=1S/C18H18F3N3O2/c19-18(20,21)15-4-3-14(11-23-15)17(25)24-16(12-5-8-26-9-6-12)13-2-1-7-22-10-13/h1-4,7,10-12,16H,5-6,8-9H2,(H,24,25)/t16-/m1/s1. The first-order valence-corrected chi connectivity index (χ1v) is 8.27. The molecule has 0 radical (unpaired) electrons. The molecule has 8 heteroatoms. The molecule has 1 aliphatic rings. The predicted octanol–water partition coefficient (Wildman–Crippen LogP) is 3.39. The van der Waals surface area contributed by atoms with Gasteiger partial charge in [0.2, 0.25) is 0 Å². The molecule has 5 nitrogen and oxygen atoms in total. The number of halogens is 3. The van der Waals surface area contributed by atoms with E-state index >= 15 is 0 Å². The molecule has 1 N–H and O–H groups in total. The van der Waals surface area contributed by atoms with Gasteiger partial charge in [-0.25, -0.2) is 0 Å². The highest BCUT2D eigenvalue weighted by atomic mass is 19.4. The summed E-state index contributed by atoms with van der Waals surface area (Å²) in [6.07, 6.45) is 1.31. The summed E-state index contributed by atoms with van der Waals surface area (Å²) in [5, 5.41) is 2.92. The molecule has 0 spiro atoms. The minimum Gasteiger partial charge on any atom is -0.381 e. The van der Waals surface area contributed by atoms with Crippen molar-refractivity contribution in [2.75, 3.05) is 13.2 Å². The number of alkyl halides is 3. The van der Waals surface area contributed by atoms with Crippen LogP contribution in [0.4, 0.5) is 13.2 Å². The van der Waals surface area contributed by atoms with Crippen molar-refractivity contribution in [3.05, 3.63) is 59.7 Å². The lowest BCUT2D eigenvalue weighted by molar-refractivity contribution is -0.141. The second kappa shape index (κ2) is 7.82. The highest BCUT2D eigenvalue weighted by molar-refractivity contribution is 5.94. The van der Waals surface area contributed by atoms with Crippen LogP contribution in [0.15, 0.2) is 42.9 Å². The van der Waals surface area contributed by atoms with Gasteiger partial charge in [0.05, 0.1) is 11.6 Å². The van der Waals surface area contributed by atoms with E-state index in [0.29, 0.717) is 13.2 Å². The van der Waals surface area contributed by atoms with Crippen LogP contribution in [0, 0.1) is 5.92 Å². The predicted molar refractivity (Wildman–Crippen MR) is 87.2 cm³/mol. The number of rotatable bonds is 4. The summed E-state index contributed by atoms with van der Waals surface area (Å²) in [4.78, 5) is 20.0. The maximum Gasteiger partial charge on any atom is 0.433 e. The minimum absolute atomic E-state index is 0.0824. The molecule has 2 aromatic rings. The molecule has 3 rings (SSSR count). The largest absolute Gasteiger partial charge is 0.433 e. The Morgan fingerprint density at radius 2 is 1.96 bits per heavy atom. The van der Waals surface area contributed by atoms with Gasteiger partial charge < -0.3 is 10.1 Å². The van der Waals surface area contributed by atoms with E-state index in [-0.39, 0.29) is 17.5 Å². The number of ether oxygens (including phenoxy) is 1. The van der Waals surface area contributed by atoms with Crippen molar-refractivity contribution in [2.45, 2.75) is 25.1 Å². The fourth-order valence-corrected chi connectivity index (χ4v) is 3.00. The van der Waals surface area contributed by atoms with Crippen LogP contribution in [-0.2, 0) is 10.9 Å². The third-order valence-corrected chi connectivity index (χ3v) is 4.38. The number of nitrogens with zero attached hydrogens (tertiary/aromatic N) is 2. The summed E-state index contributed by atoms with van der Waals surface area (Å²) >= 11 is 0. The second-order valence-corrected chi connectivity index (χ2v) is 6.12. The number of nitrogens with one attached hydrogen (secondary N) is 1. The number of pyridine rings is 2. The molecule has 1 saturated heterocycles. The van der Waals surface area contributed by atoms with E-state index < -0.39 is 17.8 Å². The summed E-state index contributed by atoms with van der Waals surface area (Å²) in [6, 6.07) is 5.31. The lowest BCUT2D eigenvalue weighted by Gasteiger charge is -2.31. The van der Waals surface area contributed by atoms with Crippen LogP contribution >= 0.6 is 0 Å². The monoisotopic (exact) mass is 365 g/mol. The molecule has 2 aromatic heterocycles. The summed E-state index contributed by atoms with van der Waals surface area (Å²) in [6.45, 7) is 1.22. The summed E-state index contributed by atoms with van der Waals surface area (Å²) in [5.41, 5.74) is -0.0890. The molecular weight excluding hydrogens is 347 g/mol. The van der Waals surface area contributed by atoms with Crippen molar-refractivity contribution < 1.29 is 22.7 Å². The van der Waals surface area contributed by atoms with Crippen LogP contribution in [0.3, 0.4) is 0 Å². The normalized spacial score (nSPS) is 16.9. The summed E-state index contributed by atoms with van der Waals surface area (Å²) in [5.74, 6) is -0.300. The van der Waals surface area contributed by atoms with Crippen LogP contribution < -0.4 is 5.32 Å². The van der Waals surface area contributed by atoms with E-state index in [4.69, 9.17) is 4.74 Å². The van der Waals surface area contributed by atoms with Crippen LogP contribution in [0.1, 0.15) is 40.5 Å². The van der Waals surface area contributed by atoms with Gasteiger partial charge in [-0.15, -0.1) is 0 Å². The van der Waals surface area contributed by atoms with Crippen molar-refractivity contribution in [1.29, 1.82) is 0 Å². The molecule has 138 valence electrons. The van der Waals surface area contributed by atoms with Crippen molar-refractivity contribution in [1.82, 2.24) is 15.3 Å². The zero-order valence-corrected chi connectivity index (χ0v) is 13.9. The number of hydrogen-bond acceptors (Lipinski definition) is 4. The average Bonchev–Trinajstić information content (AvgIpc) is 2.67. The van der Waals surface area contributed by atoms with E-state index in [9.17, 15) is 18.0 Å². The maximum absolute atomic E-state index is 12.6. The quantitative estimate of drug-likeness (QED) is 0.902. The minimum atomic E-state index is -4.53. The number of aromatic nitrogens is 2. The van der Waals surface area contributed by atoms with E-state index in [0.717, 1.165) is 36.7 Å². The zero-order chi connectivity index (χ0) is 18.6. The van der Waals surface area contributed by atoms with Gasteiger partial charge >= 0.3 is 6.18 Å². The molecular formula is C18H18F3N3O2. The maximum atomic E-state index is 12.6. The molecule has 0 aliphatic carbocycles. The fraction of sp³-hybridized carbons (Fsp3) is 0.389. The van der Waals surface area contributed by atoms with Crippen LogP contribution in [0.25, 0.3) is 0 Å². The molecule has 0 bridgehead atoms. The van der Waals surface area contributed by atoms with Gasteiger partial charge in [0.15, 0.2) is 0 Å². The first-order valence-electron chi connectivity index (χ1n) is 8.27. The Balaban J connectivity index is 1.78. The molecule has 1 amide bonds. The molecule has 26 heavy (non-hydrogen) atoms. The van der Waals surface area contributed by atoms with Gasteiger partial charge in [-0.1, -0.05) is 6.07 Å². The highest BCUT2D eigenvalue weighted by Crippen LogP contribution is 2.30. The molecule has 1 atom stereocenters. The Labute approximate surface area is 148 Å². The van der Waals surface area contributed by atoms with E-state index in [2.05, 4.69) is 15.3 Å². The van der Waals surface area contributed by atoms with Gasteiger partial charge in [0, 0.05) is 31.8 Å². The van der Waals surface area contributed by atoms with Gasteiger partial charge in [0.25, 0.3) is 5.91 Å². The van der Waals surface area contributed by atoms with E-state index in [1.54, 1.807) is 18.5 Å². The smallest absolute Gasteiger partial charge is 0.381 e. The highest BCUT2D eigenvalue weighted by Gasteiger charge is 2.32. The van der Waals surface area contributed by atoms with E-state index in [1.807, 2.05) is 6.07 Å². The van der Waals surface area contributed by atoms with Crippen molar-refractivity contribution in [3.63, 3.8) is 0 Å². The van der Waals surface area contributed by atoms with Gasteiger partial charge in [-0.3, -0.25) is 14.8 Å². The van der Waals surface area contributed by atoms with Crippen LogP contribution in [0.5, 0.6) is 0 Å². The second-order valence-electron chi connectivity index (χ2n) is 6.12. The summed E-state index contributed by atoms with van der Waals surface area (Å²) in [7, 11) is 0. The summed E-state index contributed by atoms with van der Waals surface area (Å²) < 4.78 is 43.2. The first kappa shape index (κ1) is 18.3. The van der Waals surface area contributed by atoms with Crippen molar-refractivity contribution in [2.24, 2.45) is 5.92 Å². The molecule has 1 fully saturated rings. The van der Waals surface area contributed by atoms with Gasteiger partial charge in [-0.05, 0) is 42.5 Å². The van der Waals surface area contributed by atoms with Crippen LogP contribution in [0.2, 0.25) is 0 Å². The average molecular weight is 365 g/mol. The molecule has 0 aromatic carbocycles. The number of hydrogen-bond donors (Lipinski definition) is 1. The number of carbonyl (C=O) groups excluding carboxylic acids is 1. The lowest BCUT2D eigenvalue weighted by Crippen LogP contribution is -2.36. The Kier molecular flexibility index (Phi) is 5.51. The molecule has 0 unspecified atom stereocenters. The number of amides is 1. The third kappa shape index (κ3) is 4.37. The lowest BCUT2D eigenvalue weighted by atomic mass is 9.87. The third-order valence-electron chi connectivity index (χ3n) is 4.38. The Bertz CT molecular complexity index is 730. The van der Waals surface area contributed by atoms with Crippen LogP contribution in [-0.4, -0.2) is 29.1 Å². The molecule has 1 aliphatic heterocycles. The Hall–Kier alpha value is -2.48. The fourth-order valence-electron chi connectivity index (χ4n) is 3.00. The molecule has 0 saturated carbocycles.